The van der Waals surface area contributed by atoms with Crippen LogP contribution in [0.3, 0.4) is 0 Å². The first-order valence-electron chi connectivity index (χ1n) is 4.09. The van der Waals surface area contributed by atoms with Gasteiger partial charge in [-0.05, 0) is 27.7 Å². The summed E-state index contributed by atoms with van der Waals surface area (Å²) >= 11 is 0. The minimum Gasteiger partial charge on any atom is -0.325 e. The predicted molar refractivity (Wildman–Crippen MR) is 42.4 cm³/mol. The molecule has 0 unspecified atom stereocenters. The van der Waals surface area contributed by atoms with Crippen LogP contribution in [0.4, 0.5) is 0 Å². The van der Waals surface area contributed by atoms with Gasteiger partial charge in [0.2, 0.25) is 0 Å². The Labute approximate surface area is 85.5 Å². The van der Waals surface area contributed by atoms with E-state index in [2.05, 4.69) is 27.7 Å². The van der Waals surface area contributed by atoms with Gasteiger partial charge in [-0.25, -0.2) is 0 Å². The third-order valence-corrected chi connectivity index (χ3v) is 2.68. The van der Waals surface area contributed by atoms with Crippen molar-refractivity contribution >= 4 is 0 Å². The Bertz CT molecular complexity index is 52.1. The second kappa shape index (κ2) is 6.58. The zero-order chi connectivity index (χ0) is 7.33. The number of hydrogen-bond acceptors (Lipinski definition) is 0. The summed E-state index contributed by atoms with van der Waals surface area (Å²) in [5, 5.41) is 0. The fourth-order valence-corrected chi connectivity index (χ4v) is 1.34. The summed E-state index contributed by atoms with van der Waals surface area (Å²) in [4.78, 5) is 0. The minimum atomic E-state index is 0. The van der Waals surface area contributed by atoms with E-state index < -0.39 is 0 Å². The molecule has 0 aliphatic rings. The Kier molecular flexibility index (Phi) is 8.87. The molecule has 0 atom stereocenters. The number of quaternary nitrogens is 1. The van der Waals surface area contributed by atoms with Crippen molar-refractivity contribution in [1.82, 2.24) is 0 Å². The summed E-state index contributed by atoms with van der Waals surface area (Å²) in [7, 11) is 0. The van der Waals surface area contributed by atoms with Crippen LogP contribution in [0.5, 0.6) is 0 Å². The van der Waals surface area contributed by atoms with Crippen LogP contribution in [-0.2, 0) is 27.3 Å². The molecule has 10 heavy (non-hydrogen) atoms. The molecule has 56 valence electrons. The van der Waals surface area contributed by atoms with E-state index in [0.29, 0.717) is 0 Å². The molecule has 0 saturated heterocycles. The summed E-state index contributed by atoms with van der Waals surface area (Å²) in [6.45, 7) is 14.2. The molecule has 0 aliphatic heterocycles. The largest absolute Gasteiger partial charge is 2.00 e. The molecule has 0 aromatic rings. The van der Waals surface area contributed by atoms with Gasteiger partial charge in [-0.3, -0.25) is 0 Å². The SMILES string of the molecule is CC[N+](CC)(CC)CC.[Cd+2]. The number of hydrogen-bond donors (Lipinski definition) is 0. The topological polar surface area (TPSA) is 0 Å². The maximum absolute atomic E-state index is 2.27. The summed E-state index contributed by atoms with van der Waals surface area (Å²) in [6, 6.07) is 0. The molecule has 0 amide bonds. The van der Waals surface area contributed by atoms with E-state index in [-0.39, 0.29) is 27.3 Å². The van der Waals surface area contributed by atoms with E-state index in [9.17, 15) is 0 Å². The van der Waals surface area contributed by atoms with E-state index in [0.717, 1.165) is 0 Å². The van der Waals surface area contributed by atoms with Crippen LogP contribution in [0, 0.1) is 0 Å². The Morgan fingerprint density at radius 1 is 0.700 bits per heavy atom. The Balaban J connectivity index is 0. The minimum absolute atomic E-state index is 0. The van der Waals surface area contributed by atoms with Crippen molar-refractivity contribution in [2.45, 2.75) is 27.7 Å². The van der Waals surface area contributed by atoms with Crippen molar-refractivity contribution < 1.29 is 31.8 Å². The quantitative estimate of drug-likeness (QED) is 0.522. The maximum Gasteiger partial charge on any atom is 2.00 e. The summed E-state index contributed by atoms with van der Waals surface area (Å²) < 4.78 is 1.28. The van der Waals surface area contributed by atoms with E-state index in [1.54, 1.807) is 0 Å². The molecule has 2 heteroatoms. The van der Waals surface area contributed by atoms with Gasteiger partial charge >= 0.3 is 27.3 Å². The van der Waals surface area contributed by atoms with Crippen LogP contribution in [0.1, 0.15) is 27.7 Å². The van der Waals surface area contributed by atoms with E-state index in [1.165, 1.54) is 30.7 Å². The molecule has 0 rings (SSSR count). The van der Waals surface area contributed by atoms with Crippen molar-refractivity contribution in [2.24, 2.45) is 0 Å². The number of nitrogens with zero attached hydrogens (tertiary/aromatic N) is 1. The Hall–Kier alpha value is 0.882. The van der Waals surface area contributed by atoms with Crippen molar-refractivity contribution in [2.75, 3.05) is 26.2 Å². The molecular formula is C8H20CdN+3. The molecule has 1 nitrogen and oxygen atoms in total. The first kappa shape index (κ1) is 13.5. The molecule has 0 N–H and O–H groups in total. The van der Waals surface area contributed by atoms with E-state index >= 15 is 0 Å². The fraction of sp³-hybridized carbons (Fsp3) is 1.00. The van der Waals surface area contributed by atoms with Crippen LogP contribution < -0.4 is 0 Å². The van der Waals surface area contributed by atoms with Gasteiger partial charge in [0.15, 0.2) is 0 Å². The average Bonchev–Trinajstić information content (AvgIpc) is 1.95. The zero-order valence-electron chi connectivity index (χ0n) is 7.98. The molecular weight excluding hydrogens is 223 g/mol. The summed E-state index contributed by atoms with van der Waals surface area (Å²) in [6.07, 6.45) is 0. The van der Waals surface area contributed by atoms with Gasteiger partial charge in [-0.1, -0.05) is 0 Å². The first-order chi connectivity index (χ1) is 4.24. The zero-order valence-corrected chi connectivity index (χ0v) is 12.0. The van der Waals surface area contributed by atoms with Crippen LogP contribution in [0.15, 0.2) is 0 Å². The Morgan fingerprint density at radius 2 is 0.900 bits per heavy atom. The van der Waals surface area contributed by atoms with Gasteiger partial charge in [-0.15, -0.1) is 0 Å². The van der Waals surface area contributed by atoms with Crippen LogP contribution >= 0.6 is 0 Å². The molecule has 0 saturated carbocycles. The molecule has 0 spiro atoms. The smallest absolute Gasteiger partial charge is 0.325 e. The standard InChI is InChI=1S/C8H20N.Cd/c1-5-9(6-2,7-3)8-4;/h5-8H2,1-4H3;/q+1;+2. The first-order valence-corrected chi connectivity index (χ1v) is 4.09. The monoisotopic (exact) mass is 244 g/mol. The average molecular weight is 243 g/mol. The molecule has 0 aliphatic carbocycles. The van der Waals surface area contributed by atoms with Crippen LogP contribution in [-0.4, -0.2) is 30.7 Å². The third-order valence-electron chi connectivity index (χ3n) is 2.68. The fourth-order valence-electron chi connectivity index (χ4n) is 1.34. The molecule has 0 fully saturated rings. The van der Waals surface area contributed by atoms with Gasteiger partial charge in [0.1, 0.15) is 0 Å². The van der Waals surface area contributed by atoms with E-state index in [1.807, 2.05) is 0 Å². The van der Waals surface area contributed by atoms with Gasteiger partial charge in [0.25, 0.3) is 0 Å². The molecule has 0 radical (unpaired) electrons. The van der Waals surface area contributed by atoms with Gasteiger partial charge in [0.05, 0.1) is 26.2 Å². The van der Waals surface area contributed by atoms with Crippen LogP contribution in [0.25, 0.3) is 0 Å². The number of rotatable bonds is 4. The second-order valence-electron chi connectivity index (χ2n) is 2.61. The molecule has 0 aromatic heterocycles. The van der Waals surface area contributed by atoms with Crippen molar-refractivity contribution in [3.8, 4) is 0 Å². The van der Waals surface area contributed by atoms with Crippen LogP contribution in [0.2, 0.25) is 0 Å². The second-order valence-corrected chi connectivity index (χ2v) is 2.61. The van der Waals surface area contributed by atoms with E-state index in [4.69, 9.17) is 0 Å². The molecule has 0 heterocycles. The van der Waals surface area contributed by atoms with Crippen molar-refractivity contribution in [3.05, 3.63) is 0 Å². The maximum atomic E-state index is 2.27. The third kappa shape index (κ3) is 3.33. The Morgan fingerprint density at radius 3 is 0.900 bits per heavy atom. The van der Waals surface area contributed by atoms with Crippen molar-refractivity contribution in [3.63, 3.8) is 0 Å². The molecule has 0 bridgehead atoms. The van der Waals surface area contributed by atoms with Gasteiger partial charge in [0, 0.05) is 0 Å². The van der Waals surface area contributed by atoms with Gasteiger partial charge < -0.3 is 4.48 Å². The summed E-state index contributed by atoms with van der Waals surface area (Å²) in [5.74, 6) is 0. The van der Waals surface area contributed by atoms with Crippen molar-refractivity contribution in [1.29, 1.82) is 0 Å². The van der Waals surface area contributed by atoms with Gasteiger partial charge in [-0.2, -0.15) is 0 Å². The molecule has 0 aromatic carbocycles. The summed E-state index contributed by atoms with van der Waals surface area (Å²) in [5.41, 5.74) is 0. The predicted octanol–water partition coefficient (Wildman–Crippen LogP) is 1.88. The normalized spacial score (nSPS) is 10.8.